The molecule has 0 amide bonds. The first-order chi connectivity index (χ1) is 8.77. The smallest absolute Gasteiger partial charge is 0.310 e. The predicted octanol–water partition coefficient (Wildman–Crippen LogP) is 2.13. The number of hydrogen-bond donors (Lipinski definition) is 0. The van der Waals surface area contributed by atoms with Crippen LogP contribution >= 0.6 is 0 Å². The summed E-state index contributed by atoms with van der Waals surface area (Å²) in [6, 6.07) is 6.32. The van der Waals surface area contributed by atoms with E-state index in [1.54, 1.807) is 18.2 Å². The summed E-state index contributed by atoms with van der Waals surface area (Å²) in [5, 5.41) is 10.8. The summed E-state index contributed by atoms with van der Waals surface area (Å²) in [7, 11) is 0. The lowest BCUT2D eigenvalue weighted by Gasteiger charge is -2.22. The Bertz CT molecular complexity index is 403. The number of rotatable bonds is 5. The molecule has 0 unspecified atom stereocenters. The van der Waals surface area contributed by atoms with Crippen LogP contribution in [-0.4, -0.2) is 31.0 Å². The zero-order valence-corrected chi connectivity index (χ0v) is 9.91. The fourth-order valence-electron chi connectivity index (χ4n) is 1.70. The maximum absolute atomic E-state index is 10.8. The Hall–Kier alpha value is -1.66. The van der Waals surface area contributed by atoms with Crippen LogP contribution < -0.4 is 4.74 Å². The lowest BCUT2D eigenvalue weighted by Crippen LogP contribution is -2.26. The zero-order valence-electron chi connectivity index (χ0n) is 9.91. The van der Waals surface area contributed by atoms with Crippen LogP contribution in [0.15, 0.2) is 24.3 Å². The number of para-hydroxylation sites is 2. The molecule has 1 aliphatic heterocycles. The van der Waals surface area contributed by atoms with Gasteiger partial charge in [0.1, 0.15) is 0 Å². The van der Waals surface area contributed by atoms with E-state index in [-0.39, 0.29) is 17.7 Å². The van der Waals surface area contributed by atoms with Crippen molar-refractivity contribution in [2.24, 2.45) is 0 Å². The van der Waals surface area contributed by atoms with Gasteiger partial charge < -0.3 is 14.2 Å². The van der Waals surface area contributed by atoms with Gasteiger partial charge in [0.05, 0.1) is 24.7 Å². The van der Waals surface area contributed by atoms with E-state index in [2.05, 4.69) is 0 Å². The van der Waals surface area contributed by atoms with Crippen LogP contribution in [0.25, 0.3) is 0 Å². The fourth-order valence-corrected chi connectivity index (χ4v) is 1.70. The van der Waals surface area contributed by atoms with Crippen LogP contribution in [0.1, 0.15) is 12.8 Å². The van der Waals surface area contributed by atoms with Gasteiger partial charge >= 0.3 is 5.69 Å². The zero-order chi connectivity index (χ0) is 12.8. The van der Waals surface area contributed by atoms with Gasteiger partial charge in [0, 0.05) is 12.5 Å². The first kappa shape index (κ1) is 12.8. The second-order valence-corrected chi connectivity index (χ2v) is 3.89. The van der Waals surface area contributed by atoms with Crippen LogP contribution in [0.4, 0.5) is 5.69 Å². The van der Waals surface area contributed by atoms with Gasteiger partial charge in [0.15, 0.2) is 12.0 Å². The minimum Gasteiger partial charge on any atom is -0.487 e. The van der Waals surface area contributed by atoms with Crippen LogP contribution in [0.3, 0.4) is 0 Å². The van der Waals surface area contributed by atoms with Crippen LogP contribution in [0, 0.1) is 10.1 Å². The quantitative estimate of drug-likeness (QED) is 0.593. The highest BCUT2D eigenvalue weighted by atomic mass is 16.7. The van der Waals surface area contributed by atoms with Crippen molar-refractivity contribution >= 4 is 5.69 Å². The molecule has 0 aromatic heterocycles. The minimum absolute atomic E-state index is 0.0250. The van der Waals surface area contributed by atoms with E-state index in [4.69, 9.17) is 14.2 Å². The number of nitrogens with zero attached hydrogens (tertiary/aromatic N) is 1. The van der Waals surface area contributed by atoms with Crippen molar-refractivity contribution in [1.29, 1.82) is 0 Å². The molecule has 0 radical (unpaired) electrons. The third-order valence-electron chi connectivity index (χ3n) is 2.57. The molecule has 1 fully saturated rings. The largest absolute Gasteiger partial charge is 0.487 e. The molecular weight excluding hydrogens is 238 g/mol. The van der Waals surface area contributed by atoms with Gasteiger partial charge in [0.25, 0.3) is 0 Å². The molecule has 18 heavy (non-hydrogen) atoms. The molecule has 1 heterocycles. The van der Waals surface area contributed by atoms with Crippen LogP contribution in [0.5, 0.6) is 5.75 Å². The maximum atomic E-state index is 10.8. The summed E-state index contributed by atoms with van der Waals surface area (Å²) in [4.78, 5) is 10.3. The van der Waals surface area contributed by atoms with E-state index in [9.17, 15) is 10.1 Å². The monoisotopic (exact) mass is 253 g/mol. The predicted molar refractivity (Wildman–Crippen MR) is 63.5 cm³/mol. The Morgan fingerprint density at radius 1 is 1.33 bits per heavy atom. The van der Waals surface area contributed by atoms with Crippen molar-refractivity contribution in [1.82, 2.24) is 0 Å². The average molecular weight is 253 g/mol. The van der Waals surface area contributed by atoms with E-state index in [1.165, 1.54) is 6.07 Å². The van der Waals surface area contributed by atoms with Crippen molar-refractivity contribution < 1.29 is 19.1 Å². The third-order valence-corrected chi connectivity index (χ3v) is 2.57. The van der Waals surface area contributed by atoms with Gasteiger partial charge in [-0.1, -0.05) is 12.1 Å². The second kappa shape index (κ2) is 6.32. The van der Waals surface area contributed by atoms with E-state index in [0.29, 0.717) is 26.2 Å². The molecule has 6 nitrogen and oxygen atoms in total. The van der Waals surface area contributed by atoms with Gasteiger partial charge in [-0.3, -0.25) is 10.1 Å². The molecule has 2 rings (SSSR count). The topological polar surface area (TPSA) is 70.8 Å². The number of benzene rings is 1. The number of nitro groups is 1. The first-order valence-electron chi connectivity index (χ1n) is 5.87. The lowest BCUT2D eigenvalue weighted by molar-refractivity contribution is -0.385. The molecule has 0 bridgehead atoms. The number of hydrogen-bond acceptors (Lipinski definition) is 5. The normalized spacial score (nSPS) is 16.4. The molecule has 1 aliphatic rings. The van der Waals surface area contributed by atoms with Gasteiger partial charge in [-0.25, -0.2) is 0 Å². The Balaban J connectivity index is 1.84. The number of ether oxygens (including phenoxy) is 3. The van der Waals surface area contributed by atoms with E-state index in [0.717, 1.165) is 6.42 Å². The molecule has 6 heteroatoms. The molecule has 0 saturated carbocycles. The third kappa shape index (κ3) is 3.41. The summed E-state index contributed by atoms with van der Waals surface area (Å²) < 4.78 is 16.1. The van der Waals surface area contributed by atoms with Crippen molar-refractivity contribution in [2.75, 3.05) is 19.8 Å². The lowest BCUT2D eigenvalue weighted by atomic mass is 10.3. The first-order valence-corrected chi connectivity index (χ1v) is 5.87. The van der Waals surface area contributed by atoms with Gasteiger partial charge in [-0.05, 0) is 12.5 Å². The molecule has 1 aromatic rings. The summed E-state index contributed by atoms with van der Waals surface area (Å²) in [5.41, 5.74) is -0.0250. The van der Waals surface area contributed by atoms with Gasteiger partial charge in [-0.2, -0.15) is 0 Å². The standard InChI is InChI=1S/C12H15NO5/c14-13(15)10-4-1-2-5-11(10)16-9-6-12-17-7-3-8-18-12/h1-2,4-5,12H,3,6-9H2. The van der Waals surface area contributed by atoms with E-state index in [1.807, 2.05) is 0 Å². The Morgan fingerprint density at radius 3 is 2.78 bits per heavy atom. The summed E-state index contributed by atoms with van der Waals surface area (Å²) >= 11 is 0. The van der Waals surface area contributed by atoms with Crippen molar-refractivity contribution in [3.05, 3.63) is 34.4 Å². The molecule has 0 N–H and O–H groups in total. The summed E-state index contributed by atoms with van der Waals surface area (Å²) in [6.45, 7) is 1.71. The van der Waals surface area contributed by atoms with Crippen molar-refractivity contribution in [3.8, 4) is 5.75 Å². The molecule has 1 aromatic carbocycles. The van der Waals surface area contributed by atoms with Crippen molar-refractivity contribution in [2.45, 2.75) is 19.1 Å². The highest BCUT2D eigenvalue weighted by Crippen LogP contribution is 2.26. The van der Waals surface area contributed by atoms with Gasteiger partial charge in [0.2, 0.25) is 0 Å². The number of nitro benzene ring substituents is 1. The molecule has 0 spiro atoms. The Labute approximate surface area is 105 Å². The molecular formula is C12H15NO5. The Kier molecular flexibility index (Phi) is 4.49. The molecule has 0 aliphatic carbocycles. The summed E-state index contributed by atoms with van der Waals surface area (Å²) in [5.74, 6) is 0.276. The molecule has 0 atom stereocenters. The average Bonchev–Trinajstić information content (AvgIpc) is 2.40. The SMILES string of the molecule is O=[N+]([O-])c1ccccc1OCCC1OCCCO1. The molecule has 1 saturated heterocycles. The highest BCUT2D eigenvalue weighted by Gasteiger charge is 2.16. The maximum Gasteiger partial charge on any atom is 0.310 e. The minimum atomic E-state index is -0.455. The summed E-state index contributed by atoms with van der Waals surface area (Å²) in [6.07, 6.45) is 1.20. The van der Waals surface area contributed by atoms with E-state index < -0.39 is 4.92 Å². The van der Waals surface area contributed by atoms with E-state index >= 15 is 0 Å². The van der Waals surface area contributed by atoms with Gasteiger partial charge in [-0.15, -0.1) is 0 Å². The molecule has 98 valence electrons. The fraction of sp³-hybridized carbons (Fsp3) is 0.500. The second-order valence-electron chi connectivity index (χ2n) is 3.89. The van der Waals surface area contributed by atoms with Crippen molar-refractivity contribution in [3.63, 3.8) is 0 Å². The van der Waals surface area contributed by atoms with Crippen LogP contribution in [0.2, 0.25) is 0 Å². The van der Waals surface area contributed by atoms with Crippen LogP contribution in [-0.2, 0) is 9.47 Å². The Morgan fingerprint density at radius 2 is 2.06 bits per heavy atom. The highest BCUT2D eigenvalue weighted by molar-refractivity contribution is 5.45.